The highest BCUT2D eigenvalue weighted by molar-refractivity contribution is 7.80. The zero-order chi connectivity index (χ0) is 17.5. The fourth-order valence-corrected chi connectivity index (χ4v) is 3.90. The summed E-state index contributed by atoms with van der Waals surface area (Å²) >= 11 is 5.82. The summed E-state index contributed by atoms with van der Waals surface area (Å²) < 4.78 is 1.74. The van der Waals surface area contributed by atoms with E-state index in [1.807, 2.05) is 7.05 Å². The first-order valence-electron chi connectivity index (χ1n) is 9.30. The standard InChI is InChI=1S/C19H27N5S/c1-23-18(20-21-22-23)13-8-14-19(25)24(17-11-6-3-7-12-17)15-16-9-4-2-5-10-16/h3,6-7,11-12,16H,2,4-5,8-10,13-15H2,1H3. The average molecular weight is 358 g/mol. The third-order valence-electron chi connectivity index (χ3n) is 5.03. The molecular weight excluding hydrogens is 330 g/mol. The molecule has 0 bridgehead atoms. The third kappa shape index (κ3) is 5.08. The fraction of sp³-hybridized carbons (Fsp3) is 0.579. The van der Waals surface area contributed by atoms with Gasteiger partial charge in [-0.2, -0.15) is 0 Å². The molecule has 25 heavy (non-hydrogen) atoms. The molecule has 1 heterocycles. The van der Waals surface area contributed by atoms with Gasteiger partial charge in [0.2, 0.25) is 0 Å². The van der Waals surface area contributed by atoms with Gasteiger partial charge in [0.05, 0.1) is 4.99 Å². The van der Waals surface area contributed by atoms with Gasteiger partial charge in [0.25, 0.3) is 0 Å². The monoisotopic (exact) mass is 357 g/mol. The molecule has 0 atom stereocenters. The number of hydrogen-bond acceptors (Lipinski definition) is 4. The van der Waals surface area contributed by atoms with E-state index in [0.29, 0.717) is 0 Å². The summed E-state index contributed by atoms with van der Waals surface area (Å²) in [6.07, 6.45) is 9.49. The summed E-state index contributed by atoms with van der Waals surface area (Å²) in [5.74, 6) is 1.68. The molecule has 2 aromatic rings. The van der Waals surface area contributed by atoms with Gasteiger partial charge in [-0.15, -0.1) is 5.10 Å². The van der Waals surface area contributed by atoms with Crippen molar-refractivity contribution < 1.29 is 0 Å². The zero-order valence-corrected chi connectivity index (χ0v) is 15.8. The van der Waals surface area contributed by atoms with Crippen molar-refractivity contribution in [1.29, 1.82) is 0 Å². The molecule has 5 nitrogen and oxygen atoms in total. The number of thiocarbonyl (C=S) groups is 1. The number of para-hydroxylation sites is 1. The Hall–Kier alpha value is -1.82. The molecule has 1 aliphatic rings. The summed E-state index contributed by atoms with van der Waals surface area (Å²) in [7, 11) is 1.88. The maximum atomic E-state index is 5.82. The first-order valence-corrected chi connectivity index (χ1v) is 9.71. The van der Waals surface area contributed by atoms with Crippen LogP contribution in [0.4, 0.5) is 5.69 Å². The Morgan fingerprint density at radius 1 is 1.20 bits per heavy atom. The van der Waals surface area contributed by atoms with Crippen molar-refractivity contribution in [3.05, 3.63) is 36.2 Å². The topological polar surface area (TPSA) is 46.8 Å². The lowest BCUT2D eigenvalue weighted by Crippen LogP contribution is -2.35. The van der Waals surface area contributed by atoms with Crippen LogP contribution in [0.15, 0.2) is 30.3 Å². The first-order chi connectivity index (χ1) is 12.2. The van der Waals surface area contributed by atoms with Gasteiger partial charge in [0.1, 0.15) is 0 Å². The van der Waals surface area contributed by atoms with E-state index in [2.05, 4.69) is 50.8 Å². The molecule has 0 radical (unpaired) electrons. The van der Waals surface area contributed by atoms with Gasteiger partial charge in [-0.3, -0.25) is 0 Å². The highest BCUT2D eigenvalue weighted by Crippen LogP contribution is 2.27. The van der Waals surface area contributed by atoms with Crippen molar-refractivity contribution in [3.8, 4) is 0 Å². The molecule has 1 aromatic heterocycles. The van der Waals surface area contributed by atoms with Crippen LogP contribution in [0.1, 0.15) is 50.8 Å². The minimum Gasteiger partial charge on any atom is -0.336 e. The second kappa shape index (κ2) is 9.04. The van der Waals surface area contributed by atoms with Gasteiger partial charge in [-0.25, -0.2) is 4.68 Å². The molecule has 3 rings (SSSR count). The summed E-state index contributed by atoms with van der Waals surface area (Å²) in [6.45, 7) is 1.05. The number of benzene rings is 1. The molecule has 0 saturated heterocycles. The molecule has 6 heteroatoms. The number of hydrogen-bond donors (Lipinski definition) is 0. The number of rotatable bonds is 7. The van der Waals surface area contributed by atoms with Crippen LogP contribution < -0.4 is 4.90 Å². The Morgan fingerprint density at radius 2 is 1.96 bits per heavy atom. The number of anilines is 1. The van der Waals surface area contributed by atoms with E-state index >= 15 is 0 Å². The number of aromatic nitrogens is 4. The Bertz CT molecular complexity index is 663. The van der Waals surface area contributed by atoms with Crippen molar-refractivity contribution in [3.63, 3.8) is 0 Å². The minimum atomic E-state index is 0.759. The molecular formula is C19H27N5S. The highest BCUT2D eigenvalue weighted by Gasteiger charge is 2.20. The van der Waals surface area contributed by atoms with E-state index in [0.717, 1.165) is 42.5 Å². The van der Waals surface area contributed by atoms with E-state index in [9.17, 15) is 0 Å². The third-order valence-corrected chi connectivity index (χ3v) is 5.46. The van der Waals surface area contributed by atoms with E-state index in [4.69, 9.17) is 12.2 Å². The van der Waals surface area contributed by atoms with Gasteiger partial charge in [-0.05, 0) is 54.2 Å². The Labute approximate surface area is 155 Å². The fourth-order valence-electron chi connectivity index (χ4n) is 3.58. The average Bonchev–Trinajstić information content (AvgIpc) is 3.06. The molecule has 0 spiro atoms. The second-order valence-corrected chi connectivity index (χ2v) is 7.39. The molecule has 134 valence electrons. The van der Waals surface area contributed by atoms with Crippen molar-refractivity contribution in [2.24, 2.45) is 13.0 Å². The van der Waals surface area contributed by atoms with Crippen LogP contribution in [0.5, 0.6) is 0 Å². The van der Waals surface area contributed by atoms with Crippen LogP contribution in [0.2, 0.25) is 0 Å². The predicted molar refractivity (Wildman–Crippen MR) is 105 cm³/mol. The maximum absolute atomic E-state index is 5.82. The van der Waals surface area contributed by atoms with Gasteiger partial charge in [0, 0.05) is 25.7 Å². The normalized spacial score (nSPS) is 15.2. The van der Waals surface area contributed by atoms with Gasteiger partial charge >= 0.3 is 0 Å². The maximum Gasteiger partial charge on any atom is 0.150 e. The lowest BCUT2D eigenvalue weighted by molar-refractivity contribution is 0.366. The smallest absolute Gasteiger partial charge is 0.150 e. The lowest BCUT2D eigenvalue weighted by atomic mass is 9.88. The number of aryl methyl sites for hydroxylation is 2. The Morgan fingerprint density at radius 3 is 2.64 bits per heavy atom. The van der Waals surface area contributed by atoms with Crippen LogP contribution in [-0.2, 0) is 13.5 Å². The lowest BCUT2D eigenvalue weighted by Gasteiger charge is -2.31. The summed E-state index contributed by atoms with van der Waals surface area (Å²) in [5, 5.41) is 11.6. The molecule has 0 aliphatic heterocycles. The number of tetrazole rings is 1. The quantitative estimate of drug-likeness (QED) is 0.702. The van der Waals surface area contributed by atoms with Crippen molar-refractivity contribution in [1.82, 2.24) is 20.2 Å². The first kappa shape index (κ1) is 18.0. The largest absolute Gasteiger partial charge is 0.336 e. The SMILES string of the molecule is Cn1nnnc1CCCC(=S)N(CC1CCCCC1)c1ccccc1. The van der Waals surface area contributed by atoms with Gasteiger partial charge in [-0.1, -0.05) is 49.7 Å². The molecule has 1 aliphatic carbocycles. The van der Waals surface area contributed by atoms with Crippen molar-refractivity contribution in [2.75, 3.05) is 11.4 Å². The zero-order valence-electron chi connectivity index (χ0n) is 15.0. The summed E-state index contributed by atoms with van der Waals surface area (Å²) in [5.41, 5.74) is 1.22. The molecule has 1 fully saturated rings. The molecule has 0 unspecified atom stereocenters. The Kier molecular flexibility index (Phi) is 6.50. The van der Waals surface area contributed by atoms with Gasteiger partial charge in [0.15, 0.2) is 5.82 Å². The predicted octanol–water partition coefficient (Wildman–Crippen LogP) is 3.95. The second-order valence-electron chi connectivity index (χ2n) is 6.92. The summed E-state index contributed by atoms with van der Waals surface area (Å²) in [6, 6.07) is 10.6. The van der Waals surface area contributed by atoms with E-state index in [1.54, 1.807) is 4.68 Å². The molecule has 1 aromatic carbocycles. The highest BCUT2D eigenvalue weighted by atomic mass is 32.1. The molecule has 1 saturated carbocycles. The van der Waals surface area contributed by atoms with Crippen LogP contribution in [-0.4, -0.2) is 31.7 Å². The van der Waals surface area contributed by atoms with Crippen molar-refractivity contribution in [2.45, 2.75) is 51.4 Å². The molecule has 0 amide bonds. The van der Waals surface area contributed by atoms with Gasteiger partial charge < -0.3 is 4.90 Å². The van der Waals surface area contributed by atoms with E-state index in [1.165, 1.54) is 37.8 Å². The van der Waals surface area contributed by atoms with Crippen LogP contribution in [0, 0.1) is 5.92 Å². The Balaban J connectivity index is 1.61. The molecule has 0 N–H and O–H groups in total. The van der Waals surface area contributed by atoms with E-state index in [-0.39, 0.29) is 0 Å². The van der Waals surface area contributed by atoms with Crippen molar-refractivity contribution >= 4 is 22.9 Å². The van der Waals surface area contributed by atoms with Crippen LogP contribution in [0.3, 0.4) is 0 Å². The number of nitrogens with zero attached hydrogens (tertiary/aromatic N) is 5. The van der Waals surface area contributed by atoms with E-state index < -0.39 is 0 Å². The summed E-state index contributed by atoms with van der Waals surface area (Å²) in [4.78, 5) is 3.40. The van der Waals surface area contributed by atoms with Crippen LogP contribution >= 0.6 is 12.2 Å². The van der Waals surface area contributed by atoms with Crippen LogP contribution in [0.25, 0.3) is 0 Å². The minimum absolute atomic E-state index is 0.759.